The van der Waals surface area contributed by atoms with E-state index in [0.29, 0.717) is 6.61 Å². The quantitative estimate of drug-likeness (QED) is 0.919. The molecule has 2 aromatic rings. The van der Waals surface area contributed by atoms with Crippen LogP contribution in [0.15, 0.2) is 22.9 Å². The van der Waals surface area contributed by atoms with Gasteiger partial charge in [0.1, 0.15) is 12.4 Å². The summed E-state index contributed by atoms with van der Waals surface area (Å²) in [6.07, 6.45) is 2.53. The van der Waals surface area contributed by atoms with E-state index in [0.717, 1.165) is 36.7 Å². The van der Waals surface area contributed by atoms with Crippen LogP contribution >= 0.6 is 0 Å². The highest BCUT2D eigenvalue weighted by atomic mass is 16.5. The van der Waals surface area contributed by atoms with Crippen LogP contribution in [0, 0.1) is 13.8 Å². The molecular formula is C15H18N2O2. The molecule has 0 amide bonds. The van der Waals surface area contributed by atoms with E-state index >= 15 is 0 Å². The fourth-order valence-electron chi connectivity index (χ4n) is 2.51. The van der Waals surface area contributed by atoms with Crippen LogP contribution in [-0.2, 0) is 19.6 Å². The fraction of sp³-hybridized carbons (Fsp3) is 0.400. The molecule has 3 rings (SSSR count). The number of benzene rings is 1. The van der Waals surface area contributed by atoms with Crippen LogP contribution < -0.4 is 10.1 Å². The standard InChI is InChI=1S/C15H18N2O2/c1-10-13-5-6-16-7-12(13)3-4-14(10)18-8-15-11(2)17-9-19-15/h3-4,9,16H,5-8H2,1-2H3. The lowest BCUT2D eigenvalue weighted by Gasteiger charge is -2.21. The Bertz CT molecular complexity index is 590. The first-order valence-electron chi connectivity index (χ1n) is 6.59. The van der Waals surface area contributed by atoms with E-state index in [1.165, 1.54) is 23.1 Å². The molecule has 1 N–H and O–H groups in total. The van der Waals surface area contributed by atoms with Crippen molar-refractivity contribution in [1.82, 2.24) is 10.3 Å². The molecule has 0 saturated carbocycles. The van der Waals surface area contributed by atoms with Gasteiger partial charge < -0.3 is 14.5 Å². The number of nitrogens with one attached hydrogen (secondary N) is 1. The zero-order valence-corrected chi connectivity index (χ0v) is 11.3. The van der Waals surface area contributed by atoms with E-state index < -0.39 is 0 Å². The van der Waals surface area contributed by atoms with Gasteiger partial charge in [-0.05, 0) is 49.6 Å². The molecule has 1 aliphatic rings. The Labute approximate surface area is 112 Å². The van der Waals surface area contributed by atoms with Crippen molar-refractivity contribution < 1.29 is 9.15 Å². The van der Waals surface area contributed by atoms with Crippen molar-refractivity contribution in [2.45, 2.75) is 33.4 Å². The van der Waals surface area contributed by atoms with E-state index in [-0.39, 0.29) is 0 Å². The van der Waals surface area contributed by atoms with Crippen molar-refractivity contribution >= 4 is 0 Å². The second-order valence-corrected chi connectivity index (χ2v) is 4.90. The van der Waals surface area contributed by atoms with Gasteiger partial charge in [0, 0.05) is 6.54 Å². The third kappa shape index (κ3) is 2.36. The van der Waals surface area contributed by atoms with E-state index in [2.05, 4.69) is 23.3 Å². The predicted octanol–water partition coefficient (Wildman–Crippen LogP) is 2.52. The Hall–Kier alpha value is -1.81. The molecule has 0 fully saturated rings. The van der Waals surface area contributed by atoms with E-state index in [1.54, 1.807) is 0 Å². The summed E-state index contributed by atoms with van der Waals surface area (Å²) in [6.45, 7) is 6.49. The highest BCUT2D eigenvalue weighted by Gasteiger charge is 2.14. The molecule has 4 heteroatoms. The minimum absolute atomic E-state index is 0.434. The molecule has 1 aromatic heterocycles. The summed E-state index contributed by atoms with van der Waals surface area (Å²) in [5.74, 6) is 1.73. The van der Waals surface area contributed by atoms with Crippen molar-refractivity contribution in [3.63, 3.8) is 0 Å². The maximum Gasteiger partial charge on any atom is 0.181 e. The highest BCUT2D eigenvalue weighted by Crippen LogP contribution is 2.27. The summed E-state index contributed by atoms with van der Waals surface area (Å²) >= 11 is 0. The molecule has 0 radical (unpaired) electrons. The number of aryl methyl sites for hydroxylation is 1. The highest BCUT2D eigenvalue weighted by molar-refractivity contribution is 5.45. The van der Waals surface area contributed by atoms with Gasteiger partial charge >= 0.3 is 0 Å². The van der Waals surface area contributed by atoms with Crippen LogP contribution in [0.2, 0.25) is 0 Å². The summed E-state index contributed by atoms with van der Waals surface area (Å²) in [4.78, 5) is 4.07. The summed E-state index contributed by atoms with van der Waals surface area (Å²) in [6, 6.07) is 4.20. The van der Waals surface area contributed by atoms with Crippen LogP contribution in [0.5, 0.6) is 5.75 Å². The number of hydrogen-bond acceptors (Lipinski definition) is 4. The number of aromatic nitrogens is 1. The van der Waals surface area contributed by atoms with Gasteiger partial charge in [0.05, 0.1) is 5.69 Å². The molecular weight excluding hydrogens is 240 g/mol. The molecule has 4 nitrogen and oxygen atoms in total. The van der Waals surface area contributed by atoms with Gasteiger partial charge in [0.15, 0.2) is 12.2 Å². The van der Waals surface area contributed by atoms with Crippen molar-refractivity contribution in [3.05, 3.63) is 46.7 Å². The third-order valence-electron chi connectivity index (χ3n) is 3.72. The zero-order chi connectivity index (χ0) is 13.2. The lowest BCUT2D eigenvalue weighted by atomic mass is 9.95. The van der Waals surface area contributed by atoms with Crippen LogP contribution in [0.25, 0.3) is 0 Å². The maximum atomic E-state index is 5.87. The number of rotatable bonds is 3. The molecule has 0 bridgehead atoms. The Morgan fingerprint density at radius 3 is 3.05 bits per heavy atom. The maximum absolute atomic E-state index is 5.87. The average molecular weight is 258 g/mol. The molecule has 1 aliphatic heterocycles. The third-order valence-corrected chi connectivity index (χ3v) is 3.72. The second kappa shape index (κ2) is 5.05. The number of hydrogen-bond donors (Lipinski definition) is 1. The summed E-state index contributed by atoms with van der Waals surface area (Å²) in [7, 11) is 0. The molecule has 19 heavy (non-hydrogen) atoms. The van der Waals surface area contributed by atoms with Crippen molar-refractivity contribution in [1.29, 1.82) is 0 Å². The lowest BCUT2D eigenvalue weighted by Crippen LogP contribution is -2.24. The van der Waals surface area contributed by atoms with E-state index in [4.69, 9.17) is 9.15 Å². The normalized spacial score (nSPS) is 14.2. The summed E-state index contributed by atoms with van der Waals surface area (Å²) in [5, 5.41) is 3.39. The summed E-state index contributed by atoms with van der Waals surface area (Å²) < 4.78 is 11.2. The number of ether oxygens (including phenoxy) is 1. The minimum Gasteiger partial charge on any atom is -0.485 e. The number of oxazole rings is 1. The molecule has 0 aliphatic carbocycles. The van der Waals surface area contributed by atoms with Crippen LogP contribution in [0.3, 0.4) is 0 Å². The largest absolute Gasteiger partial charge is 0.485 e. The molecule has 100 valence electrons. The fourth-order valence-corrected chi connectivity index (χ4v) is 2.51. The molecule has 1 aromatic carbocycles. The Morgan fingerprint density at radius 1 is 1.37 bits per heavy atom. The average Bonchev–Trinajstić information content (AvgIpc) is 2.84. The molecule has 2 heterocycles. The molecule has 0 saturated heterocycles. The van der Waals surface area contributed by atoms with Gasteiger partial charge in [0.2, 0.25) is 0 Å². The molecule has 0 spiro atoms. The van der Waals surface area contributed by atoms with Crippen molar-refractivity contribution in [2.75, 3.05) is 6.54 Å². The second-order valence-electron chi connectivity index (χ2n) is 4.90. The van der Waals surface area contributed by atoms with E-state index in [1.807, 2.05) is 13.0 Å². The Balaban J connectivity index is 1.80. The van der Waals surface area contributed by atoms with Crippen LogP contribution in [0.1, 0.15) is 28.1 Å². The first-order chi connectivity index (χ1) is 9.25. The SMILES string of the molecule is Cc1ncoc1COc1ccc2c(c1C)CCNC2. The molecule has 0 atom stereocenters. The van der Waals surface area contributed by atoms with Crippen molar-refractivity contribution in [3.8, 4) is 5.75 Å². The van der Waals surface area contributed by atoms with E-state index in [9.17, 15) is 0 Å². The predicted molar refractivity (Wildman–Crippen MR) is 72.2 cm³/mol. The number of fused-ring (bicyclic) bond motifs is 1. The zero-order valence-electron chi connectivity index (χ0n) is 11.3. The van der Waals surface area contributed by atoms with Gasteiger partial charge in [0.25, 0.3) is 0 Å². The monoisotopic (exact) mass is 258 g/mol. The van der Waals surface area contributed by atoms with Crippen LogP contribution in [-0.4, -0.2) is 11.5 Å². The Morgan fingerprint density at radius 2 is 2.26 bits per heavy atom. The first-order valence-corrected chi connectivity index (χ1v) is 6.59. The first kappa shape index (κ1) is 12.2. The topological polar surface area (TPSA) is 47.3 Å². The van der Waals surface area contributed by atoms with Gasteiger partial charge in [-0.1, -0.05) is 6.07 Å². The lowest BCUT2D eigenvalue weighted by molar-refractivity contribution is 0.267. The minimum atomic E-state index is 0.434. The summed E-state index contributed by atoms with van der Waals surface area (Å²) in [5.41, 5.74) is 4.94. The van der Waals surface area contributed by atoms with Gasteiger partial charge in [-0.3, -0.25) is 0 Å². The van der Waals surface area contributed by atoms with Crippen LogP contribution in [0.4, 0.5) is 0 Å². The molecule has 0 unspecified atom stereocenters. The van der Waals surface area contributed by atoms with Gasteiger partial charge in [-0.15, -0.1) is 0 Å². The number of nitrogens with zero attached hydrogens (tertiary/aromatic N) is 1. The Kier molecular flexibility index (Phi) is 3.25. The van der Waals surface area contributed by atoms with Gasteiger partial charge in [-0.2, -0.15) is 0 Å². The smallest absolute Gasteiger partial charge is 0.181 e. The van der Waals surface area contributed by atoms with Crippen molar-refractivity contribution in [2.24, 2.45) is 0 Å². The van der Waals surface area contributed by atoms with Gasteiger partial charge in [-0.25, -0.2) is 4.98 Å².